The second-order valence-corrected chi connectivity index (χ2v) is 6.29. The molecule has 2 aromatic rings. The van der Waals surface area contributed by atoms with Gasteiger partial charge in [-0.25, -0.2) is 4.90 Å². The van der Waals surface area contributed by atoms with Crippen LogP contribution in [0.4, 0.5) is 11.4 Å². The number of rotatable bonds is 3. The number of benzene rings is 2. The smallest absolute Gasteiger partial charge is 0.277 e. The van der Waals surface area contributed by atoms with Crippen molar-refractivity contribution in [1.29, 1.82) is 0 Å². The molecule has 0 bridgehead atoms. The highest BCUT2D eigenvalue weighted by Crippen LogP contribution is 2.35. The molecular formula is C19H17ClN2O2. The number of halogens is 1. The van der Waals surface area contributed by atoms with E-state index in [1.165, 1.54) is 0 Å². The van der Waals surface area contributed by atoms with Gasteiger partial charge in [-0.2, -0.15) is 0 Å². The van der Waals surface area contributed by atoms with Gasteiger partial charge < -0.3 is 4.90 Å². The van der Waals surface area contributed by atoms with Crippen LogP contribution in [0, 0.1) is 6.92 Å². The first-order valence-corrected chi connectivity index (χ1v) is 7.91. The Kier molecular flexibility index (Phi) is 4.16. The Labute approximate surface area is 145 Å². The van der Waals surface area contributed by atoms with Gasteiger partial charge in [-0.15, -0.1) is 0 Å². The molecule has 122 valence electrons. The number of carbonyl (C=O) groups excluding carboxylic acids is 2. The monoisotopic (exact) mass is 340 g/mol. The second-order valence-electron chi connectivity index (χ2n) is 5.91. The van der Waals surface area contributed by atoms with E-state index in [2.05, 4.69) is 0 Å². The maximum atomic E-state index is 12.8. The van der Waals surface area contributed by atoms with E-state index in [1.54, 1.807) is 24.3 Å². The zero-order chi connectivity index (χ0) is 17.4. The molecule has 5 heteroatoms. The lowest BCUT2D eigenvalue weighted by Crippen LogP contribution is -2.31. The molecule has 0 saturated heterocycles. The topological polar surface area (TPSA) is 40.6 Å². The summed E-state index contributed by atoms with van der Waals surface area (Å²) in [5, 5.41) is -0.0412. The summed E-state index contributed by atoms with van der Waals surface area (Å²) in [6.45, 7) is 1.96. The molecule has 0 fully saturated rings. The van der Waals surface area contributed by atoms with E-state index in [-0.39, 0.29) is 10.6 Å². The Morgan fingerprint density at radius 1 is 0.875 bits per heavy atom. The molecule has 2 amide bonds. The van der Waals surface area contributed by atoms with Crippen LogP contribution in [0.5, 0.6) is 0 Å². The van der Waals surface area contributed by atoms with Crippen LogP contribution in [0.25, 0.3) is 5.57 Å². The largest absolute Gasteiger partial charge is 0.378 e. The van der Waals surface area contributed by atoms with E-state index in [4.69, 9.17) is 11.6 Å². The van der Waals surface area contributed by atoms with E-state index in [1.807, 2.05) is 50.2 Å². The predicted octanol–water partition coefficient (Wildman–Crippen LogP) is 3.58. The van der Waals surface area contributed by atoms with E-state index in [0.29, 0.717) is 11.3 Å². The Morgan fingerprint density at radius 2 is 1.46 bits per heavy atom. The maximum Gasteiger partial charge on any atom is 0.277 e. The van der Waals surface area contributed by atoms with Gasteiger partial charge in [0.2, 0.25) is 0 Å². The molecule has 0 saturated carbocycles. The molecule has 0 aliphatic carbocycles. The minimum Gasteiger partial charge on any atom is -0.378 e. The third-order valence-electron chi connectivity index (χ3n) is 3.99. The molecule has 1 aliphatic heterocycles. The van der Waals surface area contributed by atoms with Crippen molar-refractivity contribution in [1.82, 2.24) is 0 Å². The summed E-state index contributed by atoms with van der Waals surface area (Å²) in [6, 6.07) is 14.6. The molecule has 1 heterocycles. The van der Waals surface area contributed by atoms with E-state index in [9.17, 15) is 9.59 Å². The van der Waals surface area contributed by atoms with Crippen molar-refractivity contribution >= 4 is 40.4 Å². The summed E-state index contributed by atoms with van der Waals surface area (Å²) in [5.74, 6) is -0.888. The number of aryl methyl sites for hydroxylation is 1. The first-order valence-electron chi connectivity index (χ1n) is 7.53. The van der Waals surface area contributed by atoms with Gasteiger partial charge in [0.05, 0.1) is 11.3 Å². The molecule has 0 radical (unpaired) electrons. The summed E-state index contributed by atoms with van der Waals surface area (Å²) in [7, 11) is 3.85. The Hall–Kier alpha value is -2.59. The number of imide groups is 1. The second kappa shape index (κ2) is 6.13. The molecule has 0 aromatic heterocycles. The summed E-state index contributed by atoms with van der Waals surface area (Å²) in [6.07, 6.45) is 0. The molecule has 0 unspecified atom stereocenters. The lowest BCUT2D eigenvalue weighted by molar-refractivity contribution is -0.119. The van der Waals surface area contributed by atoms with Gasteiger partial charge in [-0.1, -0.05) is 41.4 Å². The molecule has 2 aromatic carbocycles. The predicted molar refractivity (Wildman–Crippen MR) is 97.2 cm³/mol. The number of nitrogens with zero attached hydrogens (tertiary/aromatic N) is 2. The minimum absolute atomic E-state index is 0.0412. The summed E-state index contributed by atoms with van der Waals surface area (Å²) in [4.78, 5) is 28.3. The fourth-order valence-corrected chi connectivity index (χ4v) is 2.88. The maximum absolute atomic E-state index is 12.8. The van der Waals surface area contributed by atoms with E-state index >= 15 is 0 Å². The first kappa shape index (κ1) is 16.3. The van der Waals surface area contributed by atoms with Crippen molar-refractivity contribution in [3.05, 3.63) is 64.7 Å². The van der Waals surface area contributed by atoms with Gasteiger partial charge >= 0.3 is 0 Å². The quantitative estimate of drug-likeness (QED) is 0.802. The number of anilines is 2. The zero-order valence-electron chi connectivity index (χ0n) is 13.7. The highest BCUT2D eigenvalue weighted by atomic mass is 35.5. The Bertz CT molecular complexity index is 837. The third-order valence-corrected chi connectivity index (χ3v) is 4.34. The van der Waals surface area contributed by atoms with Gasteiger partial charge in [0.1, 0.15) is 5.03 Å². The van der Waals surface area contributed by atoms with Gasteiger partial charge in [0.25, 0.3) is 11.8 Å². The summed E-state index contributed by atoms with van der Waals surface area (Å²) in [5.41, 5.74) is 3.46. The van der Waals surface area contributed by atoms with E-state index in [0.717, 1.165) is 16.2 Å². The average molecular weight is 341 g/mol. The molecule has 0 spiro atoms. The van der Waals surface area contributed by atoms with Crippen molar-refractivity contribution < 1.29 is 9.59 Å². The number of carbonyl (C=O) groups is 2. The lowest BCUT2D eigenvalue weighted by atomic mass is 10.0. The fourth-order valence-electron chi connectivity index (χ4n) is 2.61. The van der Waals surface area contributed by atoms with Crippen molar-refractivity contribution in [3.63, 3.8) is 0 Å². The molecule has 4 nitrogen and oxygen atoms in total. The van der Waals surface area contributed by atoms with Gasteiger partial charge in [-0.3, -0.25) is 9.59 Å². The van der Waals surface area contributed by atoms with E-state index < -0.39 is 11.8 Å². The molecule has 3 rings (SSSR count). The van der Waals surface area contributed by atoms with Crippen LogP contribution in [-0.4, -0.2) is 25.9 Å². The Balaban J connectivity index is 1.97. The number of amides is 2. The molecule has 24 heavy (non-hydrogen) atoms. The van der Waals surface area contributed by atoms with Crippen LogP contribution >= 0.6 is 11.6 Å². The van der Waals surface area contributed by atoms with Crippen LogP contribution in [-0.2, 0) is 9.59 Å². The highest BCUT2D eigenvalue weighted by molar-refractivity contribution is 6.60. The minimum atomic E-state index is -0.491. The van der Waals surface area contributed by atoms with Crippen molar-refractivity contribution in [2.45, 2.75) is 6.92 Å². The van der Waals surface area contributed by atoms with Gasteiger partial charge in [0.15, 0.2) is 0 Å². The fraction of sp³-hybridized carbons (Fsp3) is 0.158. The lowest BCUT2D eigenvalue weighted by Gasteiger charge is -2.17. The van der Waals surface area contributed by atoms with Crippen molar-refractivity contribution in [2.75, 3.05) is 23.9 Å². The molecule has 0 N–H and O–H groups in total. The van der Waals surface area contributed by atoms with Crippen LogP contribution < -0.4 is 9.80 Å². The standard InChI is InChI=1S/C19H17ClN2O2/c1-12-4-6-13(7-5-12)16-17(20)19(24)22(18(16)23)15-10-8-14(9-11-15)21(2)3/h4-11H,1-3H3. The normalized spacial score (nSPS) is 14.6. The highest BCUT2D eigenvalue weighted by Gasteiger charge is 2.39. The molecule has 0 atom stereocenters. The third kappa shape index (κ3) is 2.69. The zero-order valence-corrected chi connectivity index (χ0v) is 14.5. The van der Waals surface area contributed by atoms with Crippen molar-refractivity contribution in [3.8, 4) is 0 Å². The number of hydrogen-bond acceptors (Lipinski definition) is 3. The molecule has 1 aliphatic rings. The Morgan fingerprint density at radius 3 is 2.00 bits per heavy atom. The number of hydrogen-bond donors (Lipinski definition) is 0. The summed E-state index contributed by atoms with van der Waals surface area (Å²) < 4.78 is 0. The first-order chi connectivity index (χ1) is 11.4. The average Bonchev–Trinajstić information content (AvgIpc) is 2.78. The van der Waals surface area contributed by atoms with Crippen molar-refractivity contribution in [2.24, 2.45) is 0 Å². The van der Waals surface area contributed by atoms with Crippen LogP contribution in [0.2, 0.25) is 0 Å². The van der Waals surface area contributed by atoms with Gasteiger partial charge in [0, 0.05) is 19.8 Å². The van der Waals surface area contributed by atoms with Gasteiger partial charge in [-0.05, 0) is 36.8 Å². The summed E-state index contributed by atoms with van der Waals surface area (Å²) >= 11 is 6.18. The van der Waals surface area contributed by atoms with Crippen LogP contribution in [0.3, 0.4) is 0 Å². The van der Waals surface area contributed by atoms with Crippen LogP contribution in [0.1, 0.15) is 11.1 Å². The molecular weight excluding hydrogens is 324 g/mol. The van der Waals surface area contributed by atoms with Crippen LogP contribution in [0.15, 0.2) is 53.6 Å². The SMILES string of the molecule is Cc1ccc(C2=C(Cl)C(=O)N(c3ccc(N(C)C)cc3)C2=O)cc1.